The number of halogens is 4. The van der Waals surface area contributed by atoms with Crippen LogP contribution < -0.4 is 0 Å². The van der Waals surface area contributed by atoms with E-state index in [0.717, 1.165) is 15.0 Å². The second-order valence-corrected chi connectivity index (χ2v) is 5.93. The number of hydrogen-bond acceptors (Lipinski definition) is 1. The first-order valence-electron chi connectivity index (χ1n) is 5.53. The molecular formula is C14H10Br2F2O. The molecule has 0 heterocycles. The SMILES string of the molecule is OC(Cc1cc(F)cc(F)c1)c1cc(Br)ccc1Br. The van der Waals surface area contributed by atoms with E-state index < -0.39 is 17.7 Å². The molecular weight excluding hydrogens is 382 g/mol. The zero-order valence-corrected chi connectivity index (χ0v) is 12.9. The topological polar surface area (TPSA) is 20.2 Å². The Balaban J connectivity index is 2.25. The standard InChI is InChI=1S/C14H10Br2F2O/c15-9-1-2-13(16)12(6-9)14(19)5-8-3-10(17)7-11(18)4-8/h1-4,6-7,14,19H,5H2. The normalized spacial score (nSPS) is 12.5. The van der Waals surface area contributed by atoms with Crippen molar-refractivity contribution in [3.05, 3.63) is 68.1 Å². The van der Waals surface area contributed by atoms with Crippen molar-refractivity contribution in [3.63, 3.8) is 0 Å². The largest absolute Gasteiger partial charge is 0.388 e. The summed E-state index contributed by atoms with van der Waals surface area (Å²) in [5, 5.41) is 10.2. The van der Waals surface area contributed by atoms with Crippen LogP contribution in [0, 0.1) is 11.6 Å². The van der Waals surface area contributed by atoms with Gasteiger partial charge in [-0.1, -0.05) is 31.9 Å². The molecule has 0 aliphatic carbocycles. The van der Waals surface area contributed by atoms with E-state index in [-0.39, 0.29) is 6.42 Å². The first-order chi connectivity index (χ1) is 8.95. The summed E-state index contributed by atoms with van der Waals surface area (Å²) in [5.41, 5.74) is 1.08. The number of aliphatic hydroxyl groups excluding tert-OH is 1. The highest BCUT2D eigenvalue weighted by Gasteiger charge is 2.13. The molecule has 1 unspecified atom stereocenters. The predicted molar refractivity (Wildman–Crippen MR) is 76.9 cm³/mol. The fourth-order valence-electron chi connectivity index (χ4n) is 1.83. The molecule has 0 aliphatic heterocycles. The first-order valence-corrected chi connectivity index (χ1v) is 7.12. The number of aliphatic hydroxyl groups is 1. The van der Waals surface area contributed by atoms with Crippen LogP contribution in [0.3, 0.4) is 0 Å². The molecule has 0 spiro atoms. The van der Waals surface area contributed by atoms with Gasteiger partial charge in [-0.15, -0.1) is 0 Å². The second kappa shape index (κ2) is 6.11. The maximum Gasteiger partial charge on any atom is 0.126 e. The smallest absolute Gasteiger partial charge is 0.126 e. The van der Waals surface area contributed by atoms with E-state index >= 15 is 0 Å². The molecule has 0 radical (unpaired) electrons. The van der Waals surface area contributed by atoms with E-state index in [2.05, 4.69) is 31.9 Å². The molecule has 0 amide bonds. The molecule has 5 heteroatoms. The van der Waals surface area contributed by atoms with E-state index in [1.54, 1.807) is 12.1 Å². The van der Waals surface area contributed by atoms with Crippen LogP contribution in [0.4, 0.5) is 8.78 Å². The van der Waals surface area contributed by atoms with Gasteiger partial charge >= 0.3 is 0 Å². The number of rotatable bonds is 3. The van der Waals surface area contributed by atoms with Crippen LogP contribution in [0.25, 0.3) is 0 Å². The van der Waals surface area contributed by atoms with Crippen molar-refractivity contribution in [2.45, 2.75) is 12.5 Å². The maximum absolute atomic E-state index is 13.1. The summed E-state index contributed by atoms with van der Waals surface area (Å²) in [7, 11) is 0. The molecule has 0 saturated carbocycles. The summed E-state index contributed by atoms with van der Waals surface area (Å²) in [5.74, 6) is -1.29. The summed E-state index contributed by atoms with van der Waals surface area (Å²) in [4.78, 5) is 0. The van der Waals surface area contributed by atoms with Gasteiger partial charge in [0.05, 0.1) is 6.10 Å². The van der Waals surface area contributed by atoms with E-state index in [9.17, 15) is 13.9 Å². The van der Waals surface area contributed by atoms with Gasteiger partial charge < -0.3 is 5.11 Å². The summed E-state index contributed by atoms with van der Waals surface area (Å²) in [6.45, 7) is 0. The lowest BCUT2D eigenvalue weighted by atomic mass is 10.0. The molecule has 2 rings (SSSR count). The molecule has 1 N–H and O–H groups in total. The molecule has 1 atom stereocenters. The van der Waals surface area contributed by atoms with Crippen LogP contribution >= 0.6 is 31.9 Å². The fourth-order valence-corrected chi connectivity index (χ4v) is 2.72. The van der Waals surface area contributed by atoms with Crippen LogP contribution in [0.15, 0.2) is 45.3 Å². The summed E-state index contributed by atoms with van der Waals surface area (Å²) < 4.78 is 27.8. The third-order valence-corrected chi connectivity index (χ3v) is 3.88. The van der Waals surface area contributed by atoms with Crippen LogP contribution in [-0.2, 0) is 6.42 Å². The molecule has 2 aromatic carbocycles. The predicted octanol–water partition coefficient (Wildman–Crippen LogP) is 4.77. The van der Waals surface area contributed by atoms with Crippen molar-refractivity contribution in [2.24, 2.45) is 0 Å². The average molecular weight is 392 g/mol. The number of benzene rings is 2. The van der Waals surface area contributed by atoms with Crippen molar-refractivity contribution >= 4 is 31.9 Å². The van der Waals surface area contributed by atoms with Crippen LogP contribution in [0.2, 0.25) is 0 Å². The zero-order valence-electron chi connectivity index (χ0n) is 9.71. The zero-order chi connectivity index (χ0) is 14.0. The lowest BCUT2D eigenvalue weighted by Gasteiger charge is -2.13. The molecule has 0 fully saturated rings. The maximum atomic E-state index is 13.1. The van der Waals surface area contributed by atoms with Crippen LogP contribution in [0.5, 0.6) is 0 Å². The highest BCUT2D eigenvalue weighted by molar-refractivity contribution is 9.11. The van der Waals surface area contributed by atoms with Crippen molar-refractivity contribution in [1.82, 2.24) is 0 Å². The molecule has 0 aliphatic rings. The van der Waals surface area contributed by atoms with Gasteiger partial charge in [0.15, 0.2) is 0 Å². The second-order valence-electron chi connectivity index (χ2n) is 4.16. The summed E-state index contributed by atoms with van der Waals surface area (Å²) in [6, 6.07) is 8.66. The summed E-state index contributed by atoms with van der Waals surface area (Å²) in [6.07, 6.45) is -0.697. The first kappa shape index (κ1) is 14.6. The third-order valence-electron chi connectivity index (χ3n) is 2.67. The average Bonchev–Trinajstić information content (AvgIpc) is 2.30. The Bertz CT molecular complexity index is 582. The summed E-state index contributed by atoms with van der Waals surface area (Å²) >= 11 is 6.67. The van der Waals surface area contributed by atoms with Crippen molar-refractivity contribution in [1.29, 1.82) is 0 Å². The Morgan fingerprint density at radius 3 is 2.26 bits per heavy atom. The monoisotopic (exact) mass is 390 g/mol. The van der Waals surface area contributed by atoms with E-state index in [0.29, 0.717) is 11.1 Å². The Kier molecular flexibility index (Phi) is 4.71. The van der Waals surface area contributed by atoms with Gasteiger partial charge in [-0.3, -0.25) is 0 Å². The Morgan fingerprint density at radius 2 is 1.63 bits per heavy atom. The van der Waals surface area contributed by atoms with Crippen molar-refractivity contribution < 1.29 is 13.9 Å². The van der Waals surface area contributed by atoms with Gasteiger partial charge in [0.2, 0.25) is 0 Å². The Morgan fingerprint density at radius 1 is 1.00 bits per heavy atom. The van der Waals surface area contributed by atoms with Gasteiger partial charge in [-0.2, -0.15) is 0 Å². The van der Waals surface area contributed by atoms with Gasteiger partial charge in [0.1, 0.15) is 11.6 Å². The molecule has 19 heavy (non-hydrogen) atoms. The van der Waals surface area contributed by atoms with Crippen molar-refractivity contribution in [2.75, 3.05) is 0 Å². The van der Waals surface area contributed by atoms with Crippen LogP contribution in [-0.4, -0.2) is 5.11 Å². The van der Waals surface area contributed by atoms with Crippen molar-refractivity contribution in [3.8, 4) is 0 Å². The molecule has 0 saturated heterocycles. The quantitative estimate of drug-likeness (QED) is 0.799. The molecule has 0 bridgehead atoms. The van der Waals surface area contributed by atoms with E-state index in [1.807, 2.05) is 6.07 Å². The van der Waals surface area contributed by atoms with E-state index in [4.69, 9.17) is 0 Å². The Labute approximate surface area is 126 Å². The highest BCUT2D eigenvalue weighted by atomic mass is 79.9. The van der Waals surface area contributed by atoms with Gasteiger partial charge in [-0.25, -0.2) is 8.78 Å². The van der Waals surface area contributed by atoms with Gasteiger partial charge in [0, 0.05) is 21.4 Å². The molecule has 2 aromatic rings. The minimum atomic E-state index is -0.840. The van der Waals surface area contributed by atoms with Gasteiger partial charge in [-0.05, 0) is 41.5 Å². The molecule has 0 aromatic heterocycles. The fraction of sp³-hybridized carbons (Fsp3) is 0.143. The van der Waals surface area contributed by atoms with Gasteiger partial charge in [0.25, 0.3) is 0 Å². The minimum absolute atomic E-state index is 0.143. The minimum Gasteiger partial charge on any atom is -0.388 e. The highest BCUT2D eigenvalue weighted by Crippen LogP contribution is 2.29. The lowest BCUT2D eigenvalue weighted by Crippen LogP contribution is -2.03. The van der Waals surface area contributed by atoms with Crippen LogP contribution in [0.1, 0.15) is 17.2 Å². The molecule has 100 valence electrons. The number of hydrogen-bond donors (Lipinski definition) is 1. The Hall–Kier alpha value is -0.780. The van der Waals surface area contributed by atoms with E-state index in [1.165, 1.54) is 12.1 Å². The lowest BCUT2D eigenvalue weighted by molar-refractivity contribution is 0.177. The third kappa shape index (κ3) is 3.84. The molecule has 1 nitrogen and oxygen atoms in total.